The van der Waals surface area contributed by atoms with Crippen LogP contribution >= 0.6 is 0 Å². The summed E-state index contributed by atoms with van der Waals surface area (Å²) in [7, 11) is 0. The fourth-order valence-electron chi connectivity index (χ4n) is 4.58. The van der Waals surface area contributed by atoms with E-state index in [2.05, 4.69) is 0 Å². The lowest BCUT2D eigenvalue weighted by molar-refractivity contribution is -0.312. The first-order chi connectivity index (χ1) is 19.5. The molecular formula is C28H30O13. The van der Waals surface area contributed by atoms with Crippen molar-refractivity contribution in [3.63, 3.8) is 0 Å². The molecule has 1 fully saturated rings. The van der Waals surface area contributed by atoms with Crippen LogP contribution in [0, 0.1) is 6.92 Å². The summed E-state index contributed by atoms with van der Waals surface area (Å²) < 4.78 is 39.5. The number of fused-ring (bicyclic) bond motifs is 2. The normalized spacial score (nSPS) is 24.0. The first-order valence-corrected chi connectivity index (χ1v) is 12.8. The zero-order chi connectivity index (χ0) is 29.5. The molecule has 0 amide bonds. The summed E-state index contributed by atoms with van der Waals surface area (Å²) in [6, 6.07) is 7.19. The molecule has 0 bridgehead atoms. The Balaban J connectivity index is 1.38. The van der Waals surface area contributed by atoms with Gasteiger partial charge in [0.05, 0.1) is 30.1 Å². The van der Waals surface area contributed by atoms with Crippen molar-refractivity contribution in [1.29, 1.82) is 0 Å². The van der Waals surface area contributed by atoms with Gasteiger partial charge in [-0.25, -0.2) is 4.79 Å². The molecule has 13 heteroatoms. The maximum Gasteiger partial charge on any atom is 0.336 e. The van der Waals surface area contributed by atoms with Gasteiger partial charge in [-0.15, -0.1) is 0 Å². The Kier molecular flexibility index (Phi) is 7.92. The monoisotopic (exact) mass is 574 g/mol. The highest BCUT2D eigenvalue weighted by molar-refractivity contribution is 6.00. The average molecular weight is 575 g/mol. The maximum absolute atomic E-state index is 12.4. The topological polar surface area (TPSA) is 191 Å². The van der Waals surface area contributed by atoms with E-state index in [1.165, 1.54) is 45.4 Å². The Hall–Kier alpha value is -3.72. The van der Waals surface area contributed by atoms with Crippen LogP contribution in [0.3, 0.4) is 0 Å². The standard InChI is InChI=1S/C28H30O13/c1-13-23(16(30)7-9-35-13)40-27-26(22(34)21(33)18(11-29)39-27)41-28(2,3)19(31)12-37-25-15-4-5-20(32)38-17(15)10-14-6-8-36-24(14)25/h4-10,18-19,21-22,26-27,29,31,33-34H,11-12H2,1-3H3. The fourth-order valence-corrected chi connectivity index (χ4v) is 4.58. The van der Waals surface area contributed by atoms with Gasteiger partial charge in [0.1, 0.15) is 48.5 Å². The number of aliphatic hydroxyl groups excluding tert-OH is 4. The third kappa shape index (κ3) is 5.60. The highest BCUT2D eigenvalue weighted by Gasteiger charge is 2.49. The van der Waals surface area contributed by atoms with Gasteiger partial charge < -0.3 is 52.6 Å². The molecule has 41 heavy (non-hydrogen) atoms. The second-order valence-corrected chi connectivity index (χ2v) is 10.2. The first-order valence-electron chi connectivity index (χ1n) is 12.8. The van der Waals surface area contributed by atoms with Crippen molar-refractivity contribution in [2.45, 2.75) is 63.2 Å². The van der Waals surface area contributed by atoms with Crippen LogP contribution in [-0.2, 0) is 9.47 Å². The molecular weight excluding hydrogens is 544 g/mol. The second kappa shape index (κ2) is 11.3. The molecule has 13 nitrogen and oxygen atoms in total. The quantitative estimate of drug-likeness (QED) is 0.209. The molecule has 1 aromatic carbocycles. The largest absolute Gasteiger partial charge is 0.486 e. The lowest BCUT2D eigenvalue weighted by Gasteiger charge is -2.45. The summed E-state index contributed by atoms with van der Waals surface area (Å²) >= 11 is 0. The molecule has 0 spiro atoms. The zero-order valence-corrected chi connectivity index (χ0v) is 22.4. The van der Waals surface area contributed by atoms with E-state index in [0.717, 1.165) is 6.07 Å². The molecule has 5 rings (SSSR count). The molecule has 6 atom stereocenters. The Morgan fingerprint density at radius 3 is 2.51 bits per heavy atom. The molecule has 1 saturated heterocycles. The molecule has 4 aromatic rings. The molecule has 4 heterocycles. The minimum absolute atomic E-state index is 0.129. The molecule has 220 valence electrons. The summed E-state index contributed by atoms with van der Waals surface area (Å²) in [5.41, 5.74) is -1.89. The lowest BCUT2D eigenvalue weighted by atomic mass is 9.96. The third-order valence-electron chi connectivity index (χ3n) is 6.99. The van der Waals surface area contributed by atoms with Crippen molar-refractivity contribution in [1.82, 2.24) is 0 Å². The second-order valence-electron chi connectivity index (χ2n) is 10.2. The van der Waals surface area contributed by atoms with Crippen molar-refractivity contribution < 1.29 is 52.6 Å². The van der Waals surface area contributed by atoms with Crippen LogP contribution in [0.4, 0.5) is 0 Å². The average Bonchev–Trinajstić information content (AvgIpc) is 3.40. The molecule has 1 aliphatic heterocycles. The summed E-state index contributed by atoms with van der Waals surface area (Å²) in [5, 5.41) is 43.3. The number of aliphatic hydroxyl groups is 4. The van der Waals surface area contributed by atoms with Crippen LogP contribution in [0.25, 0.3) is 21.9 Å². The molecule has 3 aromatic heterocycles. The van der Waals surface area contributed by atoms with Gasteiger partial charge in [-0.1, -0.05) is 0 Å². The van der Waals surface area contributed by atoms with Crippen LogP contribution < -0.4 is 20.5 Å². The molecule has 1 aliphatic rings. The van der Waals surface area contributed by atoms with Crippen LogP contribution in [0.1, 0.15) is 19.6 Å². The minimum atomic E-state index is -1.64. The van der Waals surface area contributed by atoms with E-state index in [-0.39, 0.29) is 29.4 Å². The number of aryl methyl sites for hydroxylation is 1. The fraction of sp³-hybridized carbons (Fsp3) is 0.429. The number of hydrogen-bond donors (Lipinski definition) is 4. The van der Waals surface area contributed by atoms with Gasteiger partial charge in [0, 0.05) is 17.5 Å². The smallest absolute Gasteiger partial charge is 0.336 e. The summed E-state index contributed by atoms with van der Waals surface area (Å²) in [6.45, 7) is 3.53. The Morgan fingerprint density at radius 2 is 1.78 bits per heavy atom. The minimum Gasteiger partial charge on any atom is -0.486 e. The van der Waals surface area contributed by atoms with Crippen LogP contribution in [0.2, 0.25) is 0 Å². The summed E-state index contributed by atoms with van der Waals surface area (Å²) in [4.78, 5) is 24.1. The van der Waals surface area contributed by atoms with Crippen LogP contribution in [-0.4, -0.2) is 76.1 Å². The van der Waals surface area contributed by atoms with E-state index in [4.69, 9.17) is 32.2 Å². The van der Waals surface area contributed by atoms with Gasteiger partial charge in [0.15, 0.2) is 11.3 Å². The van der Waals surface area contributed by atoms with Gasteiger partial charge in [-0.2, -0.15) is 0 Å². The number of benzene rings is 1. The molecule has 0 aliphatic carbocycles. The first kappa shape index (κ1) is 28.8. The Bertz CT molecular complexity index is 1630. The molecule has 4 N–H and O–H groups in total. The van der Waals surface area contributed by atoms with Gasteiger partial charge in [0.2, 0.25) is 17.5 Å². The zero-order valence-electron chi connectivity index (χ0n) is 22.4. The third-order valence-corrected chi connectivity index (χ3v) is 6.99. The predicted molar refractivity (Wildman–Crippen MR) is 141 cm³/mol. The number of hydrogen-bond acceptors (Lipinski definition) is 13. The number of furan rings is 1. The summed E-state index contributed by atoms with van der Waals surface area (Å²) in [5.74, 6) is 0.151. The van der Waals surface area contributed by atoms with E-state index in [9.17, 15) is 30.0 Å². The van der Waals surface area contributed by atoms with Crippen LogP contribution in [0.15, 0.2) is 65.7 Å². The van der Waals surface area contributed by atoms with E-state index in [1.807, 2.05) is 0 Å². The Labute approximate surface area is 232 Å². The van der Waals surface area contributed by atoms with Crippen molar-refractivity contribution in [2.75, 3.05) is 13.2 Å². The molecule has 0 saturated carbocycles. The van der Waals surface area contributed by atoms with E-state index < -0.39 is 60.1 Å². The van der Waals surface area contributed by atoms with Gasteiger partial charge in [0.25, 0.3) is 0 Å². The van der Waals surface area contributed by atoms with Crippen molar-refractivity contribution in [3.05, 3.63) is 69.3 Å². The Morgan fingerprint density at radius 1 is 1.02 bits per heavy atom. The number of rotatable bonds is 9. The van der Waals surface area contributed by atoms with Gasteiger partial charge in [-0.3, -0.25) is 4.79 Å². The van der Waals surface area contributed by atoms with E-state index >= 15 is 0 Å². The van der Waals surface area contributed by atoms with Crippen molar-refractivity contribution >= 4 is 21.9 Å². The van der Waals surface area contributed by atoms with Gasteiger partial charge in [-0.05, 0) is 39.0 Å². The van der Waals surface area contributed by atoms with Crippen LogP contribution in [0.5, 0.6) is 11.5 Å². The summed E-state index contributed by atoms with van der Waals surface area (Å²) in [6.07, 6.45) is -6.08. The van der Waals surface area contributed by atoms with Gasteiger partial charge >= 0.3 is 5.63 Å². The number of ether oxygens (including phenoxy) is 4. The molecule has 6 unspecified atom stereocenters. The lowest BCUT2D eigenvalue weighted by Crippen LogP contribution is -2.63. The predicted octanol–water partition coefficient (Wildman–Crippen LogP) is 1.22. The molecule has 0 radical (unpaired) electrons. The van der Waals surface area contributed by atoms with Crippen molar-refractivity contribution in [2.24, 2.45) is 0 Å². The van der Waals surface area contributed by atoms with E-state index in [1.54, 1.807) is 12.1 Å². The highest BCUT2D eigenvalue weighted by atomic mass is 16.7. The van der Waals surface area contributed by atoms with E-state index in [0.29, 0.717) is 16.4 Å². The SMILES string of the molecule is Cc1occc(=O)c1OC1OC(CO)C(O)C(O)C1OC(C)(C)C(O)COc1c2ccc(=O)oc2cc2ccoc12. The maximum atomic E-state index is 12.4. The van der Waals surface area contributed by atoms with Crippen molar-refractivity contribution in [3.8, 4) is 11.5 Å². The highest BCUT2D eigenvalue weighted by Crippen LogP contribution is 2.36.